The quantitative estimate of drug-likeness (QED) is 0.719. The number of para-hydroxylation sites is 1. The van der Waals surface area contributed by atoms with E-state index in [1.165, 1.54) is 21.7 Å². The lowest BCUT2D eigenvalue weighted by molar-refractivity contribution is 0.853. The fraction of sp³-hybridized carbons (Fsp3) is 0.143. The third-order valence-corrected chi connectivity index (χ3v) is 4.14. The first kappa shape index (κ1) is 10.7. The number of nitrogens with zero attached hydrogens (tertiary/aromatic N) is 1. The Morgan fingerprint density at radius 3 is 2.47 bits per heavy atom. The van der Waals surface area contributed by atoms with E-state index in [-0.39, 0.29) is 6.04 Å². The van der Waals surface area contributed by atoms with Gasteiger partial charge in [-0.2, -0.15) is 0 Å². The number of fused-ring (bicyclic) bond motifs is 2. The average Bonchev–Trinajstić information content (AvgIpc) is 2.48. The van der Waals surface area contributed by atoms with Crippen molar-refractivity contribution in [2.45, 2.75) is 10.9 Å². The SMILES string of the molecule is CN1Sc2ccccc2C(N)c2ccccc21. The Morgan fingerprint density at radius 1 is 1.00 bits per heavy atom. The summed E-state index contributed by atoms with van der Waals surface area (Å²) in [5.74, 6) is 0. The maximum absolute atomic E-state index is 6.38. The molecule has 1 unspecified atom stereocenters. The molecule has 2 nitrogen and oxygen atoms in total. The number of hydrogen-bond acceptors (Lipinski definition) is 3. The van der Waals surface area contributed by atoms with Crippen LogP contribution in [0.5, 0.6) is 0 Å². The lowest BCUT2D eigenvalue weighted by Crippen LogP contribution is -2.13. The molecule has 17 heavy (non-hydrogen) atoms. The summed E-state index contributed by atoms with van der Waals surface area (Å²) in [6.07, 6.45) is 0. The van der Waals surface area contributed by atoms with Crippen LogP contribution in [0, 0.1) is 0 Å². The Kier molecular flexibility index (Phi) is 2.57. The second-order valence-electron chi connectivity index (χ2n) is 4.16. The molecule has 3 rings (SSSR count). The van der Waals surface area contributed by atoms with Crippen molar-refractivity contribution >= 4 is 17.6 Å². The van der Waals surface area contributed by atoms with Crippen LogP contribution in [-0.4, -0.2) is 7.05 Å². The highest BCUT2D eigenvalue weighted by molar-refractivity contribution is 8.00. The highest BCUT2D eigenvalue weighted by Gasteiger charge is 2.22. The molecule has 2 aromatic carbocycles. The molecule has 1 atom stereocenters. The molecule has 0 aromatic heterocycles. The molecule has 0 amide bonds. The van der Waals surface area contributed by atoms with Crippen LogP contribution < -0.4 is 10.0 Å². The maximum Gasteiger partial charge on any atom is 0.0584 e. The Balaban J connectivity index is 2.22. The smallest absolute Gasteiger partial charge is 0.0584 e. The van der Waals surface area contributed by atoms with Crippen molar-refractivity contribution in [1.29, 1.82) is 0 Å². The van der Waals surface area contributed by atoms with Crippen molar-refractivity contribution < 1.29 is 0 Å². The van der Waals surface area contributed by atoms with E-state index in [1.807, 2.05) is 12.1 Å². The first-order valence-corrected chi connectivity index (χ1v) is 6.40. The van der Waals surface area contributed by atoms with E-state index in [1.54, 1.807) is 11.9 Å². The van der Waals surface area contributed by atoms with Gasteiger partial charge < -0.3 is 10.0 Å². The van der Waals surface area contributed by atoms with Crippen LogP contribution in [-0.2, 0) is 0 Å². The van der Waals surface area contributed by atoms with Crippen LogP contribution >= 0.6 is 11.9 Å². The van der Waals surface area contributed by atoms with Gasteiger partial charge in [0.25, 0.3) is 0 Å². The van der Waals surface area contributed by atoms with Gasteiger partial charge in [-0.1, -0.05) is 36.4 Å². The number of benzene rings is 2. The number of rotatable bonds is 0. The molecule has 0 radical (unpaired) electrons. The van der Waals surface area contributed by atoms with Crippen molar-refractivity contribution in [1.82, 2.24) is 0 Å². The Morgan fingerprint density at radius 2 is 1.65 bits per heavy atom. The van der Waals surface area contributed by atoms with Crippen molar-refractivity contribution in [2.75, 3.05) is 11.4 Å². The van der Waals surface area contributed by atoms with Gasteiger partial charge >= 0.3 is 0 Å². The maximum atomic E-state index is 6.38. The third-order valence-electron chi connectivity index (χ3n) is 3.10. The van der Waals surface area contributed by atoms with E-state index in [2.05, 4.69) is 47.8 Å². The summed E-state index contributed by atoms with van der Waals surface area (Å²) in [6, 6.07) is 16.6. The minimum atomic E-state index is -0.0418. The summed E-state index contributed by atoms with van der Waals surface area (Å²) in [6.45, 7) is 0. The monoisotopic (exact) mass is 242 g/mol. The first-order valence-electron chi connectivity index (χ1n) is 5.62. The molecule has 0 saturated carbocycles. The predicted octanol–water partition coefficient (Wildman–Crippen LogP) is 3.19. The molecule has 1 aliphatic rings. The minimum Gasteiger partial charge on any atom is -0.320 e. The summed E-state index contributed by atoms with van der Waals surface area (Å²) in [5, 5.41) is 0. The summed E-state index contributed by atoms with van der Waals surface area (Å²) >= 11 is 1.73. The highest BCUT2D eigenvalue weighted by Crippen LogP contribution is 2.41. The lowest BCUT2D eigenvalue weighted by Gasteiger charge is -2.18. The first-order chi connectivity index (χ1) is 8.27. The van der Waals surface area contributed by atoms with Gasteiger partial charge in [-0.15, -0.1) is 0 Å². The zero-order valence-electron chi connectivity index (χ0n) is 9.63. The molecule has 2 aromatic rings. The van der Waals surface area contributed by atoms with E-state index >= 15 is 0 Å². The molecule has 2 N–H and O–H groups in total. The molecule has 0 bridgehead atoms. The van der Waals surface area contributed by atoms with E-state index in [0.29, 0.717) is 0 Å². The molecular formula is C14H14N2S. The number of nitrogens with two attached hydrogens (primary N) is 1. The molecule has 0 spiro atoms. The largest absolute Gasteiger partial charge is 0.320 e. The zero-order valence-corrected chi connectivity index (χ0v) is 10.4. The van der Waals surface area contributed by atoms with Gasteiger partial charge in [0.1, 0.15) is 0 Å². The second kappa shape index (κ2) is 4.09. The number of anilines is 1. The molecule has 3 heteroatoms. The van der Waals surface area contributed by atoms with E-state index in [0.717, 1.165) is 0 Å². The van der Waals surface area contributed by atoms with Gasteiger partial charge in [-0.05, 0) is 35.2 Å². The van der Waals surface area contributed by atoms with Crippen molar-refractivity contribution in [3.8, 4) is 0 Å². The zero-order chi connectivity index (χ0) is 11.8. The average molecular weight is 242 g/mol. The molecule has 86 valence electrons. The van der Waals surface area contributed by atoms with Crippen LogP contribution in [0.25, 0.3) is 0 Å². The van der Waals surface area contributed by atoms with E-state index < -0.39 is 0 Å². The summed E-state index contributed by atoms with van der Waals surface area (Å²) < 4.78 is 2.18. The van der Waals surface area contributed by atoms with Crippen molar-refractivity contribution in [3.63, 3.8) is 0 Å². The molecule has 1 aliphatic heterocycles. The summed E-state index contributed by atoms with van der Waals surface area (Å²) in [4.78, 5) is 1.23. The molecule has 1 heterocycles. The number of hydrogen-bond donors (Lipinski definition) is 1. The van der Waals surface area contributed by atoms with Crippen LogP contribution in [0.3, 0.4) is 0 Å². The van der Waals surface area contributed by atoms with Gasteiger partial charge in [0.2, 0.25) is 0 Å². The van der Waals surface area contributed by atoms with Gasteiger partial charge in [-0.3, -0.25) is 0 Å². The van der Waals surface area contributed by atoms with Crippen molar-refractivity contribution in [2.24, 2.45) is 5.73 Å². The van der Waals surface area contributed by atoms with Gasteiger partial charge in [0.15, 0.2) is 0 Å². The fourth-order valence-electron chi connectivity index (χ4n) is 2.22. The van der Waals surface area contributed by atoms with Crippen LogP contribution in [0.1, 0.15) is 17.2 Å². The third kappa shape index (κ3) is 1.72. The normalized spacial score (nSPS) is 18.2. The van der Waals surface area contributed by atoms with E-state index in [9.17, 15) is 0 Å². The van der Waals surface area contributed by atoms with Gasteiger partial charge in [0.05, 0.1) is 11.7 Å². The summed E-state index contributed by atoms with van der Waals surface area (Å²) in [7, 11) is 2.08. The van der Waals surface area contributed by atoms with E-state index in [4.69, 9.17) is 5.73 Å². The minimum absolute atomic E-state index is 0.0418. The standard InChI is InChI=1S/C14H14N2S/c1-16-12-8-4-2-6-10(12)14(15)11-7-3-5-9-13(11)17-16/h2-9,14H,15H2,1H3. The van der Waals surface area contributed by atoms with Crippen LogP contribution in [0.2, 0.25) is 0 Å². The molecule has 0 saturated heterocycles. The highest BCUT2D eigenvalue weighted by atomic mass is 32.2. The Labute approximate surface area is 106 Å². The van der Waals surface area contributed by atoms with Crippen LogP contribution in [0.15, 0.2) is 53.4 Å². The molecular weight excluding hydrogens is 228 g/mol. The fourth-order valence-corrected chi connectivity index (χ4v) is 3.22. The summed E-state index contributed by atoms with van der Waals surface area (Å²) in [5.41, 5.74) is 9.97. The molecule has 0 fully saturated rings. The topological polar surface area (TPSA) is 29.3 Å². The van der Waals surface area contributed by atoms with Gasteiger partial charge in [-0.25, -0.2) is 0 Å². The predicted molar refractivity (Wildman–Crippen MR) is 73.2 cm³/mol. The molecule has 0 aliphatic carbocycles. The Bertz CT molecular complexity index is 553. The second-order valence-corrected chi connectivity index (χ2v) is 5.33. The van der Waals surface area contributed by atoms with Gasteiger partial charge in [0, 0.05) is 11.9 Å². The van der Waals surface area contributed by atoms with Crippen molar-refractivity contribution in [3.05, 3.63) is 59.7 Å². The Hall–Kier alpha value is -1.45. The van der Waals surface area contributed by atoms with Crippen LogP contribution in [0.4, 0.5) is 5.69 Å². The lowest BCUT2D eigenvalue weighted by atomic mass is 9.98.